The molecule has 0 radical (unpaired) electrons. The van der Waals surface area contributed by atoms with Gasteiger partial charge in [-0.25, -0.2) is 0 Å². The van der Waals surface area contributed by atoms with Gasteiger partial charge >= 0.3 is 0 Å². The summed E-state index contributed by atoms with van der Waals surface area (Å²) in [5, 5.41) is 3.34. The van der Waals surface area contributed by atoms with Crippen molar-refractivity contribution in [3.63, 3.8) is 0 Å². The predicted octanol–water partition coefficient (Wildman–Crippen LogP) is 3.06. The van der Waals surface area contributed by atoms with Crippen molar-refractivity contribution in [3.05, 3.63) is 35.4 Å². The molecule has 1 aromatic carbocycles. The normalized spacial score (nSPS) is 12.8. The smallest absolute Gasteiger partial charge is 0.0317 e. The Balaban J connectivity index is 2.73. The van der Waals surface area contributed by atoms with E-state index in [1.807, 2.05) is 7.05 Å². The van der Waals surface area contributed by atoms with Crippen LogP contribution in [0, 0.1) is 6.92 Å². The SMILES string of the molecule is CCCC(NC)c1ccc(C)cc1. The van der Waals surface area contributed by atoms with Crippen molar-refractivity contribution in [1.29, 1.82) is 0 Å². The van der Waals surface area contributed by atoms with E-state index in [9.17, 15) is 0 Å². The molecule has 0 aromatic heterocycles. The van der Waals surface area contributed by atoms with E-state index in [4.69, 9.17) is 0 Å². The molecular formula is C12H19N. The molecular weight excluding hydrogens is 158 g/mol. The molecule has 0 spiro atoms. The Hall–Kier alpha value is -0.820. The zero-order chi connectivity index (χ0) is 9.68. The van der Waals surface area contributed by atoms with Crippen molar-refractivity contribution in [1.82, 2.24) is 5.32 Å². The Morgan fingerprint density at radius 1 is 1.23 bits per heavy atom. The zero-order valence-electron chi connectivity index (χ0n) is 8.80. The van der Waals surface area contributed by atoms with Gasteiger partial charge in [-0.1, -0.05) is 43.2 Å². The molecule has 0 saturated carbocycles. The Morgan fingerprint density at radius 2 is 1.85 bits per heavy atom. The molecule has 0 fully saturated rings. The van der Waals surface area contributed by atoms with E-state index in [1.54, 1.807) is 0 Å². The average molecular weight is 177 g/mol. The van der Waals surface area contributed by atoms with Crippen molar-refractivity contribution in [2.75, 3.05) is 7.05 Å². The summed E-state index contributed by atoms with van der Waals surface area (Å²) in [5.41, 5.74) is 2.73. The van der Waals surface area contributed by atoms with E-state index in [2.05, 4.69) is 43.4 Å². The van der Waals surface area contributed by atoms with Gasteiger partial charge in [0.15, 0.2) is 0 Å². The highest BCUT2D eigenvalue weighted by Crippen LogP contribution is 2.17. The molecule has 1 atom stereocenters. The summed E-state index contributed by atoms with van der Waals surface area (Å²) in [6, 6.07) is 9.30. The van der Waals surface area contributed by atoms with Gasteiger partial charge < -0.3 is 5.32 Å². The van der Waals surface area contributed by atoms with Crippen LogP contribution in [0.5, 0.6) is 0 Å². The van der Waals surface area contributed by atoms with Crippen LogP contribution in [0.15, 0.2) is 24.3 Å². The Bertz CT molecular complexity index is 238. The zero-order valence-corrected chi connectivity index (χ0v) is 8.80. The molecule has 1 rings (SSSR count). The van der Waals surface area contributed by atoms with Gasteiger partial charge in [0, 0.05) is 6.04 Å². The molecule has 0 amide bonds. The first-order valence-electron chi connectivity index (χ1n) is 5.01. The minimum Gasteiger partial charge on any atom is -0.313 e. The van der Waals surface area contributed by atoms with E-state index in [-0.39, 0.29) is 0 Å². The fourth-order valence-electron chi connectivity index (χ4n) is 1.57. The van der Waals surface area contributed by atoms with Gasteiger partial charge in [-0.3, -0.25) is 0 Å². The van der Waals surface area contributed by atoms with E-state index in [1.165, 1.54) is 24.0 Å². The summed E-state index contributed by atoms with van der Waals surface area (Å²) >= 11 is 0. The third-order valence-electron chi connectivity index (χ3n) is 2.41. The maximum absolute atomic E-state index is 3.34. The van der Waals surface area contributed by atoms with Crippen LogP contribution >= 0.6 is 0 Å². The maximum atomic E-state index is 3.34. The highest BCUT2D eigenvalue weighted by atomic mass is 14.9. The average Bonchev–Trinajstić information content (AvgIpc) is 2.16. The van der Waals surface area contributed by atoms with Gasteiger partial charge in [0.1, 0.15) is 0 Å². The van der Waals surface area contributed by atoms with Crippen molar-refractivity contribution >= 4 is 0 Å². The highest BCUT2D eigenvalue weighted by Gasteiger charge is 2.06. The lowest BCUT2D eigenvalue weighted by atomic mass is 10.0. The van der Waals surface area contributed by atoms with Crippen LogP contribution in [-0.2, 0) is 0 Å². The van der Waals surface area contributed by atoms with Crippen LogP contribution in [0.1, 0.15) is 36.9 Å². The topological polar surface area (TPSA) is 12.0 Å². The minimum absolute atomic E-state index is 0.519. The summed E-state index contributed by atoms with van der Waals surface area (Å²) in [7, 11) is 2.03. The van der Waals surface area contributed by atoms with Crippen molar-refractivity contribution in [3.8, 4) is 0 Å². The van der Waals surface area contributed by atoms with Gasteiger partial charge in [0.05, 0.1) is 0 Å². The summed E-state index contributed by atoms with van der Waals surface area (Å²) in [5.74, 6) is 0. The first-order valence-corrected chi connectivity index (χ1v) is 5.01. The van der Waals surface area contributed by atoms with Crippen molar-refractivity contribution < 1.29 is 0 Å². The van der Waals surface area contributed by atoms with Crippen molar-refractivity contribution in [2.24, 2.45) is 0 Å². The Morgan fingerprint density at radius 3 is 2.31 bits per heavy atom. The van der Waals surface area contributed by atoms with Crippen LogP contribution < -0.4 is 5.32 Å². The first-order chi connectivity index (χ1) is 6.27. The summed E-state index contributed by atoms with van der Waals surface area (Å²) in [4.78, 5) is 0. The van der Waals surface area contributed by atoms with Crippen LogP contribution in [0.2, 0.25) is 0 Å². The third kappa shape index (κ3) is 2.85. The number of hydrogen-bond acceptors (Lipinski definition) is 1. The lowest BCUT2D eigenvalue weighted by Gasteiger charge is -2.15. The van der Waals surface area contributed by atoms with Crippen LogP contribution in [0.3, 0.4) is 0 Å². The van der Waals surface area contributed by atoms with Gasteiger partial charge in [0.2, 0.25) is 0 Å². The minimum atomic E-state index is 0.519. The lowest BCUT2D eigenvalue weighted by Crippen LogP contribution is -2.15. The van der Waals surface area contributed by atoms with E-state index in [0.717, 1.165) is 0 Å². The Labute approximate surface area is 81.2 Å². The van der Waals surface area contributed by atoms with Gasteiger partial charge in [0.25, 0.3) is 0 Å². The number of nitrogens with one attached hydrogen (secondary N) is 1. The molecule has 1 heteroatoms. The molecule has 0 aliphatic carbocycles. The van der Waals surface area contributed by atoms with Crippen LogP contribution in [-0.4, -0.2) is 7.05 Å². The number of hydrogen-bond donors (Lipinski definition) is 1. The maximum Gasteiger partial charge on any atom is 0.0317 e. The molecule has 13 heavy (non-hydrogen) atoms. The third-order valence-corrected chi connectivity index (χ3v) is 2.41. The first kappa shape index (κ1) is 10.3. The largest absolute Gasteiger partial charge is 0.313 e. The van der Waals surface area contributed by atoms with E-state index in [0.29, 0.717) is 6.04 Å². The van der Waals surface area contributed by atoms with E-state index >= 15 is 0 Å². The summed E-state index contributed by atoms with van der Waals surface area (Å²) in [6.07, 6.45) is 2.43. The summed E-state index contributed by atoms with van der Waals surface area (Å²) < 4.78 is 0. The molecule has 72 valence electrons. The molecule has 1 aromatic rings. The fraction of sp³-hybridized carbons (Fsp3) is 0.500. The molecule has 1 nitrogen and oxygen atoms in total. The molecule has 0 aliphatic heterocycles. The monoisotopic (exact) mass is 177 g/mol. The molecule has 0 saturated heterocycles. The molecule has 0 bridgehead atoms. The lowest BCUT2D eigenvalue weighted by molar-refractivity contribution is 0.541. The fourth-order valence-corrected chi connectivity index (χ4v) is 1.57. The van der Waals surface area contributed by atoms with Crippen LogP contribution in [0.25, 0.3) is 0 Å². The molecule has 0 aliphatic rings. The quantitative estimate of drug-likeness (QED) is 0.745. The summed E-state index contributed by atoms with van der Waals surface area (Å²) in [6.45, 7) is 4.34. The molecule has 1 N–H and O–H groups in total. The van der Waals surface area contributed by atoms with Gasteiger partial charge in [-0.2, -0.15) is 0 Å². The highest BCUT2D eigenvalue weighted by molar-refractivity contribution is 5.23. The number of benzene rings is 1. The second kappa shape index (κ2) is 5.03. The second-order valence-corrected chi connectivity index (χ2v) is 3.54. The van der Waals surface area contributed by atoms with E-state index < -0.39 is 0 Å². The predicted molar refractivity (Wildman–Crippen MR) is 57.9 cm³/mol. The standard InChI is InChI=1S/C12H19N/c1-4-5-12(13-3)11-8-6-10(2)7-9-11/h6-9,12-13H,4-5H2,1-3H3. The second-order valence-electron chi connectivity index (χ2n) is 3.54. The molecule has 1 unspecified atom stereocenters. The molecule has 0 heterocycles. The van der Waals surface area contributed by atoms with Crippen molar-refractivity contribution in [2.45, 2.75) is 32.7 Å². The van der Waals surface area contributed by atoms with Gasteiger partial charge in [-0.15, -0.1) is 0 Å². The van der Waals surface area contributed by atoms with Crippen LogP contribution in [0.4, 0.5) is 0 Å². The Kier molecular flexibility index (Phi) is 3.97. The number of aryl methyl sites for hydroxylation is 1. The number of rotatable bonds is 4. The van der Waals surface area contributed by atoms with Gasteiger partial charge in [-0.05, 0) is 26.0 Å².